The van der Waals surface area contributed by atoms with Gasteiger partial charge in [0.15, 0.2) is 0 Å². The Balaban J connectivity index is 0.000000313. The summed E-state index contributed by atoms with van der Waals surface area (Å²) in [5.41, 5.74) is 1.03. The third-order valence-corrected chi connectivity index (χ3v) is 9.17. The van der Waals surface area contributed by atoms with Crippen LogP contribution in [0.3, 0.4) is 0 Å². The van der Waals surface area contributed by atoms with E-state index in [-0.39, 0.29) is 30.9 Å². The van der Waals surface area contributed by atoms with Crippen LogP contribution in [0.1, 0.15) is 56.9 Å². The van der Waals surface area contributed by atoms with E-state index in [0.717, 1.165) is 63.2 Å². The van der Waals surface area contributed by atoms with Crippen molar-refractivity contribution in [3.8, 4) is 0 Å². The van der Waals surface area contributed by atoms with Crippen molar-refractivity contribution in [2.45, 2.75) is 70.1 Å². The van der Waals surface area contributed by atoms with Gasteiger partial charge in [-0.05, 0) is 94.9 Å². The first-order chi connectivity index (χ1) is 19.7. The van der Waals surface area contributed by atoms with Gasteiger partial charge < -0.3 is 24.4 Å². The van der Waals surface area contributed by atoms with E-state index < -0.39 is 0 Å². The molecule has 0 saturated carbocycles. The third-order valence-electron chi connectivity index (χ3n) is 9.17. The summed E-state index contributed by atoms with van der Waals surface area (Å²) >= 11 is 0. The highest BCUT2D eigenvalue weighted by Gasteiger charge is 2.31. The number of hydrogen-bond acceptors (Lipinski definition) is 7. The standard InChI is InChI=1S/C20H30N2O3.C12H24N2O.2ClH/c1-24-15-18-8-5-11-22(14-18)19-9-12-21(13-10-19)20(23)25-16-17-6-3-2-4-7-17;1-15-10-11-3-2-8-14(9-11)12-4-6-13-7-5-12;;/h2-4,6-7,18-19H,5,8-16H2,1H3;11-13H,2-10H2,1H3;2*1H/t18-;11-;;/m11../s1. The second-order valence-corrected chi connectivity index (χ2v) is 12.2. The second-order valence-electron chi connectivity index (χ2n) is 12.2. The molecule has 1 aromatic rings. The van der Waals surface area contributed by atoms with Crippen LogP contribution in [0.4, 0.5) is 4.79 Å². The Bertz CT molecular complexity index is 837. The van der Waals surface area contributed by atoms with E-state index in [1.807, 2.05) is 42.3 Å². The van der Waals surface area contributed by atoms with E-state index in [1.165, 1.54) is 71.2 Å². The number of halogens is 2. The minimum Gasteiger partial charge on any atom is -0.445 e. The van der Waals surface area contributed by atoms with Crippen molar-refractivity contribution in [2.75, 3.05) is 79.8 Å². The van der Waals surface area contributed by atoms with Crippen molar-refractivity contribution in [1.82, 2.24) is 20.0 Å². The molecule has 4 aliphatic rings. The van der Waals surface area contributed by atoms with Crippen LogP contribution >= 0.6 is 24.8 Å². The van der Waals surface area contributed by atoms with Crippen molar-refractivity contribution in [3.05, 3.63) is 35.9 Å². The molecule has 4 saturated heterocycles. The summed E-state index contributed by atoms with van der Waals surface area (Å²) in [5.74, 6) is 1.44. The van der Waals surface area contributed by atoms with Crippen LogP contribution in [0.5, 0.6) is 0 Å². The van der Waals surface area contributed by atoms with Gasteiger partial charge in [0.25, 0.3) is 0 Å². The van der Waals surface area contributed by atoms with Crippen molar-refractivity contribution in [3.63, 3.8) is 0 Å². The quantitative estimate of drug-likeness (QED) is 0.429. The number of piperidine rings is 4. The monoisotopic (exact) mass is 630 g/mol. The predicted molar refractivity (Wildman–Crippen MR) is 174 cm³/mol. The summed E-state index contributed by atoms with van der Waals surface area (Å²) in [6.45, 7) is 11.1. The maximum atomic E-state index is 12.3. The van der Waals surface area contributed by atoms with E-state index in [0.29, 0.717) is 18.6 Å². The highest BCUT2D eigenvalue weighted by atomic mass is 35.5. The van der Waals surface area contributed by atoms with Crippen LogP contribution in [0.2, 0.25) is 0 Å². The van der Waals surface area contributed by atoms with Crippen molar-refractivity contribution in [2.24, 2.45) is 11.8 Å². The van der Waals surface area contributed by atoms with Gasteiger partial charge in [-0.3, -0.25) is 9.80 Å². The Kier molecular flexibility index (Phi) is 18.3. The number of nitrogens with zero attached hydrogens (tertiary/aromatic N) is 3. The molecule has 0 radical (unpaired) electrons. The Labute approximate surface area is 267 Å². The number of benzene rings is 1. The summed E-state index contributed by atoms with van der Waals surface area (Å²) in [6.07, 6.45) is 9.81. The van der Waals surface area contributed by atoms with Crippen LogP contribution in [-0.2, 0) is 20.8 Å². The van der Waals surface area contributed by atoms with Gasteiger partial charge in [-0.2, -0.15) is 0 Å². The van der Waals surface area contributed by atoms with Crippen LogP contribution in [0.25, 0.3) is 0 Å². The van der Waals surface area contributed by atoms with Crippen molar-refractivity contribution in [1.29, 1.82) is 0 Å². The van der Waals surface area contributed by atoms with Gasteiger partial charge in [-0.15, -0.1) is 24.8 Å². The number of rotatable bonds is 8. The molecule has 1 N–H and O–H groups in total. The predicted octanol–water partition coefficient (Wildman–Crippen LogP) is 5.09. The Morgan fingerprint density at radius 2 is 1.29 bits per heavy atom. The van der Waals surface area contributed by atoms with E-state index in [2.05, 4.69) is 15.1 Å². The third kappa shape index (κ3) is 12.1. The molecule has 2 atom stereocenters. The molecule has 10 heteroatoms. The summed E-state index contributed by atoms with van der Waals surface area (Å²) in [5, 5.41) is 3.44. The molecule has 4 heterocycles. The minimum absolute atomic E-state index is 0. The van der Waals surface area contributed by atoms with Gasteiger partial charge in [0, 0.05) is 52.5 Å². The lowest BCUT2D eigenvalue weighted by Crippen LogP contribution is -2.50. The molecule has 0 unspecified atom stereocenters. The number of carbonyl (C=O) groups excluding carboxylic acids is 1. The normalized spacial score (nSPS) is 24.5. The molecule has 5 rings (SSSR count). The summed E-state index contributed by atoms with van der Waals surface area (Å²) < 4.78 is 16.1. The number of carbonyl (C=O) groups is 1. The molecular formula is C32H56Cl2N4O4. The first-order valence-corrected chi connectivity index (χ1v) is 15.8. The molecular weight excluding hydrogens is 575 g/mol. The summed E-state index contributed by atoms with van der Waals surface area (Å²) in [4.78, 5) is 19.4. The van der Waals surface area contributed by atoms with E-state index in [1.54, 1.807) is 7.11 Å². The molecule has 42 heavy (non-hydrogen) atoms. The fourth-order valence-corrected chi connectivity index (χ4v) is 7.00. The average Bonchev–Trinajstić information content (AvgIpc) is 3.02. The second kappa shape index (κ2) is 20.8. The molecule has 1 aromatic carbocycles. The van der Waals surface area contributed by atoms with Crippen LogP contribution in [0.15, 0.2) is 30.3 Å². The average molecular weight is 632 g/mol. The van der Waals surface area contributed by atoms with Crippen molar-refractivity contribution >= 4 is 30.9 Å². The van der Waals surface area contributed by atoms with Crippen LogP contribution < -0.4 is 5.32 Å². The van der Waals surface area contributed by atoms with E-state index >= 15 is 0 Å². The lowest BCUT2D eigenvalue weighted by atomic mass is 9.94. The molecule has 4 aliphatic heterocycles. The fraction of sp³-hybridized carbons (Fsp3) is 0.781. The number of nitrogens with one attached hydrogen (secondary N) is 1. The van der Waals surface area contributed by atoms with Gasteiger partial charge in [0.2, 0.25) is 0 Å². The zero-order valence-corrected chi connectivity index (χ0v) is 27.6. The molecule has 8 nitrogen and oxygen atoms in total. The number of hydrogen-bond donors (Lipinski definition) is 1. The molecule has 0 bridgehead atoms. The number of ether oxygens (including phenoxy) is 3. The van der Waals surface area contributed by atoms with E-state index in [9.17, 15) is 4.79 Å². The Morgan fingerprint density at radius 1 is 0.762 bits per heavy atom. The molecule has 0 spiro atoms. The molecule has 0 aliphatic carbocycles. The highest BCUT2D eigenvalue weighted by Crippen LogP contribution is 2.25. The highest BCUT2D eigenvalue weighted by molar-refractivity contribution is 5.85. The molecule has 1 amide bonds. The zero-order valence-electron chi connectivity index (χ0n) is 25.9. The zero-order chi connectivity index (χ0) is 28.0. The van der Waals surface area contributed by atoms with Gasteiger partial charge in [0.1, 0.15) is 6.61 Å². The maximum Gasteiger partial charge on any atom is 0.410 e. The van der Waals surface area contributed by atoms with Gasteiger partial charge in [0.05, 0.1) is 13.2 Å². The number of methoxy groups -OCH3 is 2. The van der Waals surface area contributed by atoms with Gasteiger partial charge >= 0.3 is 6.09 Å². The largest absolute Gasteiger partial charge is 0.445 e. The van der Waals surface area contributed by atoms with Gasteiger partial charge in [-0.25, -0.2) is 4.79 Å². The fourth-order valence-electron chi connectivity index (χ4n) is 7.00. The number of amides is 1. The molecule has 4 fully saturated rings. The van der Waals surface area contributed by atoms with Gasteiger partial charge in [-0.1, -0.05) is 30.3 Å². The Morgan fingerprint density at radius 3 is 1.81 bits per heavy atom. The van der Waals surface area contributed by atoms with Crippen LogP contribution in [0, 0.1) is 11.8 Å². The van der Waals surface area contributed by atoms with Crippen molar-refractivity contribution < 1.29 is 19.0 Å². The summed E-state index contributed by atoms with van der Waals surface area (Å²) in [6, 6.07) is 11.3. The minimum atomic E-state index is -0.182. The number of likely N-dealkylation sites (tertiary alicyclic amines) is 3. The Hall–Kier alpha value is -1.13. The molecule has 0 aromatic heterocycles. The van der Waals surface area contributed by atoms with Crippen LogP contribution in [-0.4, -0.2) is 113 Å². The first-order valence-electron chi connectivity index (χ1n) is 15.8. The first kappa shape index (κ1) is 37.1. The lowest BCUT2D eigenvalue weighted by Gasteiger charge is -2.42. The maximum absolute atomic E-state index is 12.3. The SMILES string of the molecule is COC[C@@H]1CCCN(C2CCN(C(=O)OCc3ccccc3)CC2)C1.COC[C@@H]1CCCN(C2CCNCC2)C1.Cl.Cl. The summed E-state index contributed by atoms with van der Waals surface area (Å²) in [7, 11) is 3.61. The molecule has 242 valence electrons. The van der Waals surface area contributed by atoms with E-state index in [4.69, 9.17) is 14.2 Å². The topological polar surface area (TPSA) is 66.5 Å². The smallest absolute Gasteiger partial charge is 0.410 e. The lowest BCUT2D eigenvalue weighted by molar-refractivity contribution is 0.0372.